The van der Waals surface area contributed by atoms with E-state index in [0.717, 1.165) is 36.1 Å². The summed E-state index contributed by atoms with van der Waals surface area (Å²) in [5.74, 6) is -0.0627. The van der Waals surface area contributed by atoms with Gasteiger partial charge in [0.1, 0.15) is 0 Å². The number of fused-ring (bicyclic) bond motifs is 1. The summed E-state index contributed by atoms with van der Waals surface area (Å²) >= 11 is 0. The summed E-state index contributed by atoms with van der Waals surface area (Å²) in [5, 5.41) is 4.12. The van der Waals surface area contributed by atoms with Gasteiger partial charge in [-0.3, -0.25) is 4.79 Å². The van der Waals surface area contributed by atoms with Crippen LogP contribution in [0.25, 0.3) is 10.9 Å². The van der Waals surface area contributed by atoms with E-state index < -0.39 is 6.04 Å². The molecule has 124 valence electrons. The Balaban J connectivity index is 1.47. The van der Waals surface area contributed by atoms with Crippen LogP contribution in [0, 0.1) is 0 Å². The smallest absolute Gasteiger partial charge is 0.237 e. The Hall–Kier alpha value is -1.85. The topological polar surface area (TPSA) is 74.1 Å². The predicted molar refractivity (Wildman–Crippen MR) is 93.3 cm³/mol. The fourth-order valence-electron chi connectivity index (χ4n) is 3.28. The summed E-state index contributed by atoms with van der Waals surface area (Å²) in [6, 6.07) is 7.58. The number of piperidine rings is 1. The molecule has 1 aliphatic rings. The maximum Gasteiger partial charge on any atom is 0.237 e. The summed E-state index contributed by atoms with van der Waals surface area (Å²) in [6.07, 6.45) is 6.38. The average molecular weight is 314 g/mol. The number of amides is 1. The molecule has 0 bridgehead atoms. The molecule has 0 spiro atoms. The Labute approximate surface area is 137 Å². The second-order valence-corrected chi connectivity index (χ2v) is 6.36. The average Bonchev–Trinajstić information content (AvgIpc) is 2.99. The van der Waals surface area contributed by atoms with Crippen molar-refractivity contribution in [2.24, 2.45) is 5.73 Å². The molecular formula is C18H26N4O. The highest BCUT2D eigenvalue weighted by Gasteiger charge is 2.16. The Morgan fingerprint density at radius 3 is 2.87 bits per heavy atom. The minimum absolute atomic E-state index is 0.0627. The lowest BCUT2D eigenvalue weighted by Crippen LogP contribution is -2.45. The summed E-state index contributed by atoms with van der Waals surface area (Å²) in [6.45, 7) is 3.90. The van der Waals surface area contributed by atoms with Crippen LogP contribution >= 0.6 is 0 Å². The fraction of sp³-hybridized carbons (Fsp3) is 0.500. The highest BCUT2D eigenvalue weighted by Crippen LogP contribution is 2.18. The second-order valence-electron chi connectivity index (χ2n) is 6.36. The van der Waals surface area contributed by atoms with Gasteiger partial charge in [-0.15, -0.1) is 0 Å². The number of nitrogens with zero attached hydrogens (tertiary/aromatic N) is 1. The molecular weight excluding hydrogens is 288 g/mol. The highest BCUT2D eigenvalue weighted by molar-refractivity contribution is 5.86. The van der Waals surface area contributed by atoms with Crippen LogP contribution in [0.4, 0.5) is 0 Å². The van der Waals surface area contributed by atoms with E-state index in [0.29, 0.717) is 13.0 Å². The van der Waals surface area contributed by atoms with Crippen LogP contribution in [-0.4, -0.2) is 48.0 Å². The Bertz CT molecular complexity index is 645. The number of H-pyrrole nitrogens is 1. The Kier molecular flexibility index (Phi) is 5.31. The van der Waals surface area contributed by atoms with E-state index in [2.05, 4.69) is 21.3 Å². The molecule has 1 aromatic heterocycles. The van der Waals surface area contributed by atoms with Crippen molar-refractivity contribution in [2.45, 2.75) is 31.7 Å². The van der Waals surface area contributed by atoms with Crippen molar-refractivity contribution in [1.82, 2.24) is 15.2 Å². The number of hydrogen-bond acceptors (Lipinski definition) is 3. The predicted octanol–water partition coefficient (Wildman–Crippen LogP) is 1.64. The largest absolute Gasteiger partial charge is 0.361 e. The summed E-state index contributed by atoms with van der Waals surface area (Å²) in [7, 11) is 0. The number of para-hydroxylation sites is 1. The molecule has 2 aromatic rings. The van der Waals surface area contributed by atoms with Gasteiger partial charge in [-0.2, -0.15) is 0 Å². The molecule has 4 N–H and O–H groups in total. The zero-order chi connectivity index (χ0) is 16.1. The summed E-state index contributed by atoms with van der Waals surface area (Å²) in [4.78, 5) is 17.8. The number of rotatable bonds is 6. The first-order valence-corrected chi connectivity index (χ1v) is 8.54. The van der Waals surface area contributed by atoms with Gasteiger partial charge in [0.05, 0.1) is 6.04 Å². The first-order valence-electron chi connectivity index (χ1n) is 8.54. The number of carbonyl (C=O) groups excluding carboxylic acids is 1. The minimum Gasteiger partial charge on any atom is -0.361 e. The van der Waals surface area contributed by atoms with Crippen molar-refractivity contribution < 1.29 is 4.79 Å². The highest BCUT2D eigenvalue weighted by atomic mass is 16.2. The van der Waals surface area contributed by atoms with Gasteiger partial charge >= 0.3 is 0 Å². The van der Waals surface area contributed by atoms with Crippen molar-refractivity contribution in [3.8, 4) is 0 Å². The number of nitrogens with two attached hydrogens (primary N) is 1. The van der Waals surface area contributed by atoms with E-state index in [1.807, 2.05) is 24.4 Å². The molecule has 1 amide bonds. The van der Waals surface area contributed by atoms with Gasteiger partial charge in [0, 0.05) is 30.2 Å². The van der Waals surface area contributed by atoms with Crippen molar-refractivity contribution in [3.05, 3.63) is 36.0 Å². The third-order valence-corrected chi connectivity index (χ3v) is 4.63. The number of nitrogens with one attached hydrogen (secondary N) is 2. The normalized spacial score (nSPS) is 17.3. The van der Waals surface area contributed by atoms with E-state index in [1.165, 1.54) is 19.3 Å². The van der Waals surface area contributed by atoms with Crippen LogP contribution in [0.3, 0.4) is 0 Å². The Morgan fingerprint density at radius 1 is 1.26 bits per heavy atom. The fourth-order valence-corrected chi connectivity index (χ4v) is 3.28. The molecule has 5 nitrogen and oxygen atoms in total. The SMILES string of the molecule is NC(Cc1c[nH]c2ccccc12)C(=O)NCCN1CCCCC1. The second kappa shape index (κ2) is 7.62. The quantitative estimate of drug-likeness (QED) is 0.759. The molecule has 23 heavy (non-hydrogen) atoms. The van der Waals surface area contributed by atoms with Gasteiger partial charge in [-0.1, -0.05) is 24.6 Å². The lowest BCUT2D eigenvalue weighted by molar-refractivity contribution is -0.122. The molecule has 3 rings (SSSR count). The standard InChI is InChI=1S/C18H26N4O/c19-16(12-14-13-21-17-7-3-2-6-15(14)17)18(23)20-8-11-22-9-4-1-5-10-22/h2-3,6-7,13,16,21H,1,4-5,8-12,19H2,(H,20,23). The van der Waals surface area contributed by atoms with E-state index in [4.69, 9.17) is 5.73 Å². The van der Waals surface area contributed by atoms with Crippen LogP contribution in [0.2, 0.25) is 0 Å². The molecule has 0 saturated carbocycles. The lowest BCUT2D eigenvalue weighted by atomic mass is 10.1. The van der Waals surface area contributed by atoms with Crippen molar-refractivity contribution >= 4 is 16.8 Å². The van der Waals surface area contributed by atoms with Crippen molar-refractivity contribution in [1.29, 1.82) is 0 Å². The van der Waals surface area contributed by atoms with Crippen LogP contribution in [0.1, 0.15) is 24.8 Å². The van der Waals surface area contributed by atoms with E-state index in [9.17, 15) is 4.79 Å². The lowest BCUT2D eigenvalue weighted by Gasteiger charge is -2.26. The van der Waals surface area contributed by atoms with Crippen LogP contribution in [0.5, 0.6) is 0 Å². The van der Waals surface area contributed by atoms with Gasteiger partial charge in [0.15, 0.2) is 0 Å². The van der Waals surface area contributed by atoms with Gasteiger partial charge in [0.25, 0.3) is 0 Å². The summed E-state index contributed by atoms with van der Waals surface area (Å²) in [5.41, 5.74) is 8.26. The molecule has 1 aliphatic heterocycles. The van der Waals surface area contributed by atoms with Crippen LogP contribution in [0.15, 0.2) is 30.5 Å². The number of hydrogen-bond donors (Lipinski definition) is 3. The molecule has 1 fully saturated rings. The molecule has 1 saturated heterocycles. The van der Waals surface area contributed by atoms with Crippen molar-refractivity contribution in [2.75, 3.05) is 26.2 Å². The molecule has 2 heterocycles. The number of benzene rings is 1. The number of aromatic nitrogens is 1. The summed E-state index contributed by atoms with van der Waals surface area (Å²) < 4.78 is 0. The van der Waals surface area contributed by atoms with Crippen LogP contribution in [-0.2, 0) is 11.2 Å². The van der Waals surface area contributed by atoms with Gasteiger partial charge in [-0.05, 0) is 44.0 Å². The molecule has 1 aromatic carbocycles. The maximum absolute atomic E-state index is 12.2. The van der Waals surface area contributed by atoms with Crippen molar-refractivity contribution in [3.63, 3.8) is 0 Å². The number of aromatic amines is 1. The van der Waals surface area contributed by atoms with Gasteiger partial charge < -0.3 is 20.9 Å². The number of likely N-dealkylation sites (tertiary alicyclic amines) is 1. The van der Waals surface area contributed by atoms with E-state index in [-0.39, 0.29) is 5.91 Å². The molecule has 0 radical (unpaired) electrons. The third-order valence-electron chi connectivity index (χ3n) is 4.63. The minimum atomic E-state index is -0.504. The third kappa shape index (κ3) is 4.12. The monoisotopic (exact) mass is 314 g/mol. The van der Waals surface area contributed by atoms with Gasteiger partial charge in [-0.25, -0.2) is 0 Å². The van der Waals surface area contributed by atoms with E-state index >= 15 is 0 Å². The van der Waals surface area contributed by atoms with E-state index in [1.54, 1.807) is 0 Å². The Morgan fingerprint density at radius 2 is 2.04 bits per heavy atom. The molecule has 5 heteroatoms. The molecule has 0 aliphatic carbocycles. The molecule has 1 unspecified atom stereocenters. The van der Waals surface area contributed by atoms with Crippen LogP contribution < -0.4 is 11.1 Å². The first kappa shape index (κ1) is 16.0. The molecule has 1 atom stereocenters. The zero-order valence-corrected chi connectivity index (χ0v) is 13.6. The first-order chi connectivity index (χ1) is 11.2. The maximum atomic E-state index is 12.2. The number of carbonyl (C=O) groups is 1. The zero-order valence-electron chi connectivity index (χ0n) is 13.6. The van der Waals surface area contributed by atoms with Gasteiger partial charge in [0.2, 0.25) is 5.91 Å².